The Bertz CT molecular complexity index is 458. The zero-order chi connectivity index (χ0) is 13.1. The maximum absolute atomic E-state index is 8.98. The summed E-state index contributed by atoms with van der Waals surface area (Å²) in [6.07, 6.45) is 1.51. The lowest BCUT2D eigenvalue weighted by Gasteiger charge is -2.14. The van der Waals surface area contributed by atoms with Crippen molar-refractivity contribution in [3.8, 4) is 6.07 Å². The second kappa shape index (κ2) is 5.55. The lowest BCUT2D eigenvalue weighted by atomic mass is 10.0. The van der Waals surface area contributed by atoms with E-state index in [4.69, 9.17) is 10.00 Å². The Balaban J connectivity index is 1.89. The first-order chi connectivity index (χ1) is 8.63. The number of hydrogen-bond donors (Lipinski definition) is 1. The average molecular weight is 247 g/mol. The van der Waals surface area contributed by atoms with Gasteiger partial charge in [0.25, 0.3) is 0 Å². The van der Waals surface area contributed by atoms with Crippen molar-refractivity contribution in [1.29, 1.82) is 5.26 Å². The van der Waals surface area contributed by atoms with Crippen LogP contribution in [0, 0.1) is 24.2 Å². The van der Waals surface area contributed by atoms with Gasteiger partial charge in [0.1, 0.15) is 11.8 Å². The van der Waals surface area contributed by atoms with Crippen molar-refractivity contribution in [3.63, 3.8) is 0 Å². The Morgan fingerprint density at radius 2 is 2.39 bits per heavy atom. The Hall–Kier alpha value is -1.31. The number of hydrogen-bond acceptors (Lipinski definition) is 3. The summed E-state index contributed by atoms with van der Waals surface area (Å²) in [5.41, 5.74) is 3.09. The van der Waals surface area contributed by atoms with E-state index in [9.17, 15) is 0 Å². The molecular formula is C14H21N3O. The summed E-state index contributed by atoms with van der Waals surface area (Å²) in [7, 11) is 1.93. The molecule has 0 bridgehead atoms. The number of rotatable bonds is 4. The maximum Gasteiger partial charge on any atom is 0.120 e. The summed E-state index contributed by atoms with van der Waals surface area (Å²) >= 11 is 0. The van der Waals surface area contributed by atoms with Crippen molar-refractivity contribution in [1.82, 2.24) is 9.88 Å². The summed E-state index contributed by atoms with van der Waals surface area (Å²) < 4.78 is 7.49. The van der Waals surface area contributed by atoms with E-state index in [1.807, 2.05) is 17.7 Å². The summed E-state index contributed by atoms with van der Waals surface area (Å²) in [6.45, 7) is 6.89. The molecule has 98 valence electrons. The monoisotopic (exact) mass is 247 g/mol. The zero-order valence-corrected chi connectivity index (χ0v) is 11.4. The smallest absolute Gasteiger partial charge is 0.120 e. The van der Waals surface area contributed by atoms with Crippen LogP contribution in [-0.4, -0.2) is 23.8 Å². The molecule has 1 N–H and O–H groups in total. The van der Waals surface area contributed by atoms with Gasteiger partial charge in [0.05, 0.1) is 6.10 Å². The minimum Gasteiger partial charge on any atom is -0.378 e. The minimum absolute atomic E-state index is 0.365. The van der Waals surface area contributed by atoms with Gasteiger partial charge in [-0.3, -0.25) is 0 Å². The standard InChI is InChI=1S/C14H21N3O/c1-10-13(6-14(7-15)17(10)3)9-16-8-12-4-5-18-11(12)2/h6,11-12,16H,4-5,8-9H2,1-3H3. The van der Waals surface area contributed by atoms with Gasteiger partial charge >= 0.3 is 0 Å². The molecule has 1 fully saturated rings. The highest BCUT2D eigenvalue weighted by Gasteiger charge is 2.23. The quantitative estimate of drug-likeness (QED) is 0.881. The van der Waals surface area contributed by atoms with Crippen LogP contribution in [0.2, 0.25) is 0 Å². The fraction of sp³-hybridized carbons (Fsp3) is 0.643. The molecular weight excluding hydrogens is 226 g/mol. The lowest BCUT2D eigenvalue weighted by Crippen LogP contribution is -2.26. The number of aromatic nitrogens is 1. The molecule has 2 unspecified atom stereocenters. The average Bonchev–Trinajstić information content (AvgIpc) is 2.88. The van der Waals surface area contributed by atoms with Crippen LogP contribution in [0.4, 0.5) is 0 Å². The summed E-state index contributed by atoms with van der Waals surface area (Å²) in [5.74, 6) is 0.615. The van der Waals surface area contributed by atoms with E-state index in [1.54, 1.807) is 0 Å². The minimum atomic E-state index is 0.365. The van der Waals surface area contributed by atoms with Crippen LogP contribution in [0.1, 0.15) is 30.3 Å². The fourth-order valence-electron chi connectivity index (χ4n) is 2.48. The number of ether oxygens (including phenoxy) is 1. The van der Waals surface area contributed by atoms with Crippen LogP contribution in [0.15, 0.2) is 6.07 Å². The molecule has 1 aromatic rings. The Morgan fingerprint density at radius 3 is 2.94 bits per heavy atom. The molecule has 1 aliphatic rings. The maximum atomic E-state index is 8.98. The Kier molecular flexibility index (Phi) is 4.05. The van der Waals surface area contributed by atoms with Gasteiger partial charge in [-0.05, 0) is 37.8 Å². The van der Waals surface area contributed by atoms with E-state index in [2.05, 4.69) is 25.2 Å². The first kappa shape index (κ1) is 13.1. The van der Waals surface area contributed by atoms with Gasteiger partial charge in [0.15, 0.2) is 0 Å². The van der Waals surface area contributed by atoms with Gasteiger partial charge in [-0.2, -0.15) is 5.26 Å². The third kappa shape index (κ3) is 2.58. The summed E-state index contributed by atoms with van der Waals surface area (Å²) in [6, 6.07) is 4.18. The molecule has 0 aliphatic carbocycles. The van der Waals surface area contributed by atoms with Crippen LogP contribution in [0.5, 0.6) is 0 Å². The molecule has 1 aliphatic heterocycles. The van der Waals surface area contributed by atoms with E-state index >= 15 is 0 Å². The van der Waals surface area contributed by atoms with Crippen molar-refractivity contribution in [2.45, 2.75) is 32.9 Å². The van der Waals surface area contributed by atoms with E-state index in [0.29, 0.717) is 12.0 Å². The molecule has 2 heterocycles. The SMILES string of the molecule is Cc1c(CNCC2CCOC2C)cc(C#N)n1C. The molecule has 0 saturated carbocycles. The van der Waals surface area contributed by atoms with Gasteiger partial charge in [0, 0.05) is 32.4 Å². The first-order valence-corrected chi connectivity index (χ1v) is 6.51. The van der Waals surface area contributed by atoms with Crippen molar-refractivity contribution >= 4 is 0 Å². The van der Waals surface area contributed by atoms with Crippen LogP contribution < -0.4 is 5.32 Å². The van der Waals surface area contributed by atoms with Crippen LogP contribution >= 0.6 is 0 Å². The van der Waals surface area contributed by atoms with Gasteiger partial charge in [-0.15, -0.1) is 0 Å². The number of nitrogens with zero attached hydrogens (tertiary/aromatic N) is 2. The van der Waals surface area contributed by atoms with Crippen molar-refractivity contribution in [3.05, 3.63) is 23.0 Å². The molecule has 0 radical (unpaired) electrons. The molecule has 1 saturated heterocycles. The highest BCUT2D eigenvalue weighted by atomic mass is 16.5. The highest BCUT2D eigenvalue weighted by Crippen LogP contribution is 2.20. The molecule has 2 rings (SSSR count). The van der Waals surface area contributed by atoms with Gasteiger partial charge in [-0.25, -0.2) is 0 Å². The topological polar surface area (TPSA) is 50.0 Å². The van der Waals surface area contributed by atoms with Gasteiger partial charge < -0.3 is 14.6 Å². The van der Waals surface area contributed by atoms with E-state index in [0.717, 1.165) is 37.5 Å². The molecule has 2 atom stereocenters. The molecule has 4 nitrogen and oxygen atoms in total. The third-order valence-corrected chi connectivity index (χ3v) is 4.01. The number of nitrogens with one attached hydrogen (secondary N) is 1. The zero-order valence-electron chi connectivity index (χ0n) is 11.4. The Labute approximate surface area is 109 Å². The molecule has 0 amide bonds. The lowest BCUT2D eigenvalue weighted by molar-refractivity contribution is 0.105. The molecule has 0 aromatic carbocycles. The third-order valence-electron chi connectivity index (χ3n) is 4.01. The fourth-order valence-corrected chi connectivity index (χ4v) is 2.48. The van der Waals surface area contributed by atoms with Crippen molar-refractivity contribution in [2.75, 3.05) is 13.2 Å². The first-order valence-electron chi connectivity index (χ1n) is 6.51. The van der Waals surface area contributed by atoms with Crippen molar-refractivity contribution < 1.29 is 4.74 Å². The molecule has 1 aromatic heterocycles. The van der Waals surface area contributed by atoms with Crippen LogP contribution in [-0.2, 0) is 18.3 Å². The summed E-state index contributed by atoms with van der Waals surface area (Å²) in [5, 5.41) is 12.5. The number of nitriles is 1. The second-order valence-electron chi connectivity index (χ2n) is 5.07. The van der Waals surface area contributed by atoms with E-state index in [1.165, 1.54) is 5.56 Å². The van der Waals surface area contributed by atoms with Crippen LogP contribution in [0.25, 0.3) is 0 Å². The normalized spacial score (nSPS) is 23.2. The molecule has 4 heteroatoms. The van der Waals surface area contributed by atoms with Gasteiger partial charge in [-0.1, -0.05) is 0 Å². The van der Waals surface area contributed by atoms with E-state index in [-0.39, 0.29) is 0 Å². The predicted octanol–water partition coefficient (Wildman–Crippen LogP) is 1.72. The second-order valence-corrected chi connectivity index (χ2v) is 5.07. The predicted molar refractivity (Wildman–Crippen MR) is 70.1 cm³/mol. The highest BCUT2D eigenvalue weighted by molar-refractivity contribution is 5.34. The van der Waals surface area contributed by atoms with Gasteiger partial charge in [0.2, 0.25) is 0 Å². The van der Waals surface area contributed by atoms with Crippen LogP contribution in [0.3, 0.4) is 0 Å². The summed E-state index contributed by atoms with van der Waals surface area (Å²) in [4.78, 5) is 0. The van der Waals surface area contributed by atoms with E-state index < -0.39 is 0 Å². The largest absolute Gasteiger partial charge is 0.378 e. The molecule has 18 heavy (non-hydrogen) atoms. The molecule has 0 spiro atoms. The Morgan fingerprint density at radius 1 is 1.61 bits per heavy atom. The van der Waals surface area contributed by atoms with Crippen molar-refractivity contribution in [2.24, 2.45) is 13.0 Å².